The molecule has 5 heteroatoms. The normalized spacial score (nSPS) is 11.8. The number of hydrogen-bond acceptors (Lipinski definition) is 5. The van der Waals surface area contributed by atoms with Crippen LogP contribution in [0.25, 0.3) is 75.8 Å². The summed E-state index contributed by atoms with van der Waals surface area (Å²) in [6.07, 6.45) is 0. The van der Waals surface area contributed by atoms with Gasteiger partial charge in [-0.05, 0) is 90.0 Å². The molecule has 0 atom stereocenters. The largest absolute Gasteiger partial charge is 0.456 e. The number of aromatic nitrogens is 1. The fourth-order valence-electron chi connectivity index (χ4n) is 6.76. The van der Waals surface area contributed by atoms with Crippen LogP contribution in [-0.2, 0) is 0 Å². The van der Waals surface area contributed by atoms with Crippen molar-refractivity contribution in [3.8, 4) is 22.6 Å². The van der Waals surface area contributed by atoms with Crippen molar-refractivity contribution in [3.63, 3.8) is 0 Å². The zero-order chi connectivity index (χ0) is 31.6. The molecule has 0 bridgehead atoms. The molecule has 0 unspecified atom stereocenters. The molecule has 0 aliphatic rings. The lowest BCUT2D eigenvalue weighted by Gasteiger charge is -2.25. The molecule has 0 saturated heterocycles. The van der Waals surface area contributed by atoms with Crippen molar-refractivity contribution >= 4 is 81.6 Å². The quantitative estimate of drug-likeness (QED) is 0.189. The second kappa shape index (κ2) is 10.7. The van der Waals surface area contributed by atoms with Gasteiger partial charge in [-0.25, -0.2) is 4.98 Å². The number of rotatable bonds is 5. The Morgan fingerprint density at radius 3 is 1.96 bits per heavy atom. The summed E-state index contributed by atoms with van der Waals surface area (Å²) in [4.78, 5) is 7.09. The van der Waals surface area contributed by atoms with Crippen LogP contribution in [0.1, 0.15) is 0 Å². The van der Waals surface area contributed by atoms with E-state index < -0.39 is 0 Å². The van der Waals surface area contributed by atoms with Crippen LogP contribution >= 0.6 is 11.3 Å². The Bertz CT molecular complexity index is 2780. The first-order chi connectivity index (χ1) is 23.7. The van der Waals surface area contributed by atoms with Crippen LogP contribution in [0.4, 0.5) is 17.1 Å². The van der Waals surface area contributed by atoms with Crippen molar-refractivity contribution in [2.45, 2.75) is 0 Å². The van der Waals surface area contributed by atoms with Gasteiger partial charge in [0, 0.05) is 53.6 Å². The molecule has 3 aromatic heterocycles. The number of oxazole rings is 1. The van der Waals surface area contributed by atoms with Crippen LogP contribution in [0, 0.1) is 0 Å². The highest BCUT2D eigenvalue weighted by Crippen LogP contribution is 2.41. The summed E-state index contributed by atoms with van der Waals surface area (Å²) >= 11 is 1.80. The van der Waals surface area contributed by atoms with Crippen LogP contribution in [0.15, 0.2) is 167 Å². The van der Waals surface area contributed by atoms with Crippen molar-refractivity contribution in [2.75, 3.05) is 4.90 Å². The van der Waals surface area contributed by atoms with Crippen LogP contribution in [0.2, 0.25) is 0 Å². The minimum atomic E-state index is 0.652. The number of anilines is 3. The average molecular weight is 635 g/mol. The lowest BCUT2D eigenvalue weighted by atomic mass is 10.0. The molecule has 0 spiro atoms. The van der Waals surface area contributed by atoms with Crippen LogP contribution in [0.5, 0.6) is 0 Å². The number of hydrogen-bond donors (Lipinski definition) is 0. The van der Waals surface area contributed by atoms with E-state index in [1.54, 1.807) is 11.3 Å². The Kier molecular flexibility index (Phi) is 6.01. The summed E-state index contributed by atoms with van der Waals surface area (Å²) in [7, 11) is 0. The maximum Gasteiger partial charge on any atom is 0.227 e. The summed E-state index contributed by atoms with van der Waals surface area (Å²) in [5.74, 6) is 0.652. The second-order valence-electron chi connectivity index (χ2n) is 12.0. The van der Waals surface area contributed by atoms with Crippen LogP contribution in [0.3, 0.4) is 0 Å². The van der Waals surface area contributed by atoms with E-state index in [0.717, 1.165) is 55.7 Å². The van der Waals surface area contributed by atoms with E-state index in [4.69, 9.17) is 13.8 Å². The standard InChI is InChI=1S/C43H26N2O2S/c1-3-9-28(10-4-1)43-44-37-26-42-36(25-40(37)47-43)34-21-17-29(23-41(34)48-42)27-15-18-31(19-16-27)45(30-11-5-2-6-12-30)32-20-22-39-35(24-32)33-13-7-8-14-38(33)46-39/h1-26H. The lowest BCUT2D eigenvalue weighted by Crippen LogP contribution is -2.09. The van der Waals surface area contributed by atoms with Crippen molar-refractivity contribution in [1.29, 1.82) is 0 Å². The molecular formula is C43H26N2O2S. The van der Waals surface area contributed by atoms with Gasteiger partial charge in [-0.15, -0.1) is 11.3 Å². The van der Waals surface area contributed by atoms with E-state index in [-0.39, 0.29) is 0 Å². The lowest BCUT2D eigenvalue weighted by molar-refractivity contribution is 0.620. The molecule has 4 nitrogen and oxygen atoms in total. The smallest absolute Gasteiger partial charge is 0.227 e. The van der Waals surface area contributed by atoms with Gasteiger partial charge < -0.3 is 13.7 Å². The first-order valence-corrected chi connectivity index (χ1v) is 16.8. The van der Waals surface area contributed by atoms with E-state index >= 15 is 0 Å². The van der Waals surface area contributed by atoms with Crippen LogP contribution in [-0.4, -0.2) is 4.98 Å². The maximum atomic E-state index is 6.19. The Morgan fingerprint density at radius 2 is 1.10 bits per heavy atom. The molecule has 10 aromatic rings. The highest BCUT2D eigenvalue weighted by atomic mass is 32.1. The molecule has 0 N–H and O–H groups in total. The third kappa shape index (κ3) is 4.40. The molecule has 10 rings (SSSR count). The number of thiophene rings is 1. The number of fused-ring (bicyclic) bond motifs is 7. The van der Waals surface area contributed by atoms with Crippen LogP contribution < -0.4 is 4.90 Å². The fourth-order valence-corrected chi connectivity index (χ4v) is 7.92. The predicted molar refractivity (Wildman–Crippen MR) is 200 cm³/mol. The molecule has 7 aromatic carbocycles. The number of nitrogens with zero attached hydrogens (tertiary/aromatic N) is 2. The van der Waals surface area contributed by atoms with E-state index in [1.165, 1.54) is 31.3 Å². The highest BCUT2D eigenvalue weighted by Gasteiger charge is 2.17. The van der Waals surface area contributed by atoms with Crippen molar-refractivity contribution < 1.29 is 8.83 Å². The molecule has 0 saturated carbocycles. The first kappa shape index (κ1) is 27.0. The topological polar surface area (TPSA) is 42.4 Å². The summed E-state index contributed by atoms with van der Waals surface area (Å²) in [5, 5.41) is 4.65. The third-order valence-corrected chi connectivity index (χ3v) is 10.2. The average Bonchev–Trinajstić information content (AvgIpc) is 3.84. The zero-order valence-corrected chi connectivity index (χ0v) is 26.4. The number of para-hydroxylation sites is 2. The minimum absolute atomic E-state index is 0.652. The minimum Gasteiger partial charge on any atom is -0.456 e. The maximum absolute atomic E-state index is 6.19. The molecule has 0 aliphatic heterocycles. The Hall–Kier alpha value is -6.17. The SMILES string of the molecule is c1ccc(-c2nc3cc4sc5cc(-c6ccc(N(c7ccccc7)c7ccc8oc9ccccc9c8c7)cc6)ccc5c4cc3o2)cc1. The van der Waals surface area contributed by atoms with Gasteiger partial charge in [0.2, 0.25) is 5.89 Å². The van der Waals surface area contributed by atoms with E-state index in [0.29, 0.717) is 5.89 Å². The molecule has 0 amide bonds. The first-order valence-electron chi connectivity index (χ1n) is 15.9. The molecule has 0 fully saturated rings. The second-order valence-corrected chi connectivity index (χ2v) is 13.1. The van der Waals surface area contributed by atoms with Gasteiger partial charge in [0.15, 0.2) is 5.58 Å². The van der Waals surface area contributed by atoms with Crippen molar-refractivity contribution in [3.05, 3.63) is 158 Å². The van der Waals surface area contributed by atoms with Gasteiger partial charge in [0.05, 0.1) is 0 Å². The van der Waals surface area contributed by atoms with Gasteiger partial charge in [-0.3, -0.25) is 0 Å². The van der Waals surface area contributed by atoms with Gasteiger partial charge in [0.1, 0.15) is 16.7 Å². The van der Waals surface area contributed by atoms with Gasteiger partial charge in [0.25, 0.3) is 0 Å². The van der Waals surface area contributed by atoms with E-state index in [1.807, 2.05) is 42.5 Å². The summed E-state index contributed by atoms with van der Waals surface area (Å²) in [6, 6.07) is 55.1. The Morgan fingerprint density at radius 1 is 0.417 bits per heavy atom. The van der Waals surface area contributed by atoms with E-state index in [2.05, 4.69) is 120 Å². The fraction of sp³-hybridized carbons (Fsp3) is 0. The third-order valence-electron chi connectivity index (χ3n) is 9.09. The Balaban J connectivity index is 1.02. The monoisotopic (exact) mass is 634 g/mol. The van der Waals surface area contributed by atoms with Gasteiger partial charge in [-0.1, -0.05) is 78.9 Å². The number of benzene rings is 7. The zero-order valence-electron chi connectivity index (χ0n) is 25.6. The predicted octanol–water partition coefficient (Wildman–Crippen LogP) is 12.9. The van der Waals surface area contributed by atoms with Gasteiger partial charge >= 0.3 is 0 Å². The molecular weight excluding hydrogens is 609 g/mol. The summed E-state index contributed by atoms with van der Waals surface area (Å²) in [6.45, 7) is 0. The molecule has 226 valence electrons. The molecule has 3 heterocycles. The van der Waals surface area contributed by atoms with E-state index in [9.17, 15) is 0 Å². The van der Waals surface area contributed by atoms with Crippen molar-refractivity contribution in [1.82, 2.24) is 4.98 Å². The molecule has 0 aliphatic carbocycles. The summed E-state index contributed by atoms with van der Waals surface area (Å²) < 4.78 is 14.8. The summed E-state index contributed by atoms with van der Waals surface area (Å²) in [5.41, 5.74) is 10.1. The highest BCUT2D eigenvalue weighted by molar-refractivity contribution is 7.25. The Labute approximate surface area is 279 Å². The molecule has 0 radical (unpaired) electrons. The molecule has 48 heavy (non-hydrogen) atoms. The van der Waals surface area contributed by atoms with Gasteiger partial charge in [-0.2, -0.15) is 0 Å². The number of furan rings is 1. The van der Waals surface area contributed by atoms with Crippen molar-refractivity contribution in [2.24, 2.45) is 0 Å².